The zero-order valence-corrected chi connectivity index (χ0v) is 10.4. The highest BCUT2D eigenvalue weighted by molar-refractivity contribution is 6.17. The monoisotopic (exact) mass is 217 g/mol. The fourth-order valence-corrected chi connectivity index (χ4v) is 1.91. The second kappa shape index (κ2) is 5.97. The molecule has 1 nitrogen and oxygen atoms in total. The Bertz CT molecular complexity index is 152. The summed E-state index contributed by atoms with van der Waals surface area (Å²) in [5.41, 5.74) is 0.415. The lowest BCUT2D eigenvalue weighted by Gasteiger charge is -2.24. The van der Waals surface area contributed by atoms with Gasteiger partial charge in [-0.2, -0.15) is 0 Å². The topological polar surface area (TPSA) is 12.0 Å². The Labute approximate surface area is 93.6 Å². The van der Waals surface area contributed by atoms with Crippen LogP contribution in [-0.2, 0) is 0 Å². The molecule has 0 amide bonds. The number of hydrogen-bond acceptors (Lipinski definition) is 1. The first-order chi connectivity index (χ1) is 6.64. The van der Waals surface area contributed by atoms with Crippen LogP contribution in [0, 0.1) is 11.3 Å². The van der Waals surface area contributed by atoms with Gasteiger partial charge < -0.3 is 5.32 Å². The van der Waals surface area contributed by atoms with Gasteiger partial charge in [0, 0.05) is 12.4 Å². The molecular formula is C12H24ClN. The average Bonchev–Trinajstić information content (AvgIpc) is 2.93. The van der Waals surface area contributed by atoms with E-state index in [1.807, 2.05) is 0 Å². The molecule has 0 aliphatic heterocycles. The Balaban J connectivity index is 1.96. The minimum Gasteiger partial charge on any atom is -0.316 e. The lowest BCUT2D eigenvalue weighted by molar-refractivity contribution is 0.310. The third kappa shape index (κ3) is 5.87. The van der Waals surface area contributed by atoms with Crippen LogP contribution in [0.2, 0.25) is 0 Å². The van der Waals surface area contributed by atoms with E-state index in [1.54, 1.807) is 0 Å². The van der Waals surface area contributed by atoms with Crippen molar-refractivity contribution in [3.05, 3.63) is 0 Å². The van der Waals surface area contributed by atoms with E-state index in [-0.39, 0.29) is 0 Å². The fraction of sp³-hybridized carbons (Fsp3) is 1.00. The molecule has 0 bridgehead atoms. The van der Waals surface area contributed by atoms with Crippen molar-refractivity contribution < 1.29 is 0 Å². The van der Waals surface area contributed by atoms with Crippen LogP contribution < -0.4 is 5.32 Å². The molecule has 1 rings (SSSR count). The van der Waals surface area contributed by atoms with E-state index >= 15 is 0 Å². The van der Waals surface area contributed by atoms with Gasteiger partial charge in [0.15, 0.2) is 0 Å². The molecule has 0 radical (unpaired) electrons. The van der Waals surface area contributed by atoms with E-state index in [9.17, 15) is 0 Å². The van der Waals surface area contributed by atoms with Gasteiger partial charge in [-0.1, -0.05) is 26.7 Å². The summed E-state index contributed by atoms with van der Waals surface area (Å²) in [6.45, 7) is 6.99. The molecule has 84 valence electrons. The molecule has 0 aromatic heterocycles. The third-order valence-electron chi connectivity index (χ3n) is 3.02. The number of nitrogens with one attached hydrogen (secondary N) is 1. The SMILES string of the molecule is CC(C)(CCCCl)CNCCC1CC1. The molecular weight excluding hydrogens is 194 g/mol. The Morgan fingerprint density at radius 3 is 2.64 bits per heavy atom. The minimum absolute atomic E-state index is 0.415. The largest absolute Gasteiger partial charge is 0.316 e. The fourth-order valence-electron chi connectivity index (χ4n) is 1.77. The molecule has 0 unspecified atom stereocenters. The van der Waals surface area contributed by atoms with Crippen LogP contribution in [0.5, 0.6) is 0 Å². The maximum Gasteiger partial charge on any atom is 0.0223 e. The molecule has 0 aromatic carbocycles. The highest BCUT2D eigenvalue weighted by Gasteiger charge is 2.21. The minimum atomic E-state index is 0.415. The first kappa shape index (κ1) is 12.3. The quantitative estimate of drug-likeness (QED) is 0.485. The highest BCUT2D eigenvalue weighted by Crippen LogP contribution is 2.31. The van der Waals surface area contributed by atoms with Crippen LogP contribution in [0.4, 0.5) is 0 Å². The molecule has 1 fully saturated rings. The summed E-state index contributed by atoms with van der Waals surface area (Å²) in [6, 6.07) is 0. The standard InChI is InChI=1S/C12H24ClN/c1-12(2,7-3-8-13)10-14-9-6-11-4-5-11/h11,14H,3-10H2,1-2H3. The second-order valence-corrected chi connectivity index (χ2v) is 5.74. The Morgan fingerprint density at radius 2 is 2.07 bits per heavy atom. The molecule has 1 aliphatic carbocycles. The van der Waals surface area contributed by atoms with Crippen LogP contribution >= 0.6 is 11.6 Å². The predicted octanol–water partition coefficient (Wildman–Crippen LogP) is 3.42. The summed E-state index contributed by atoms with van der Waals surface area (Å²) in [7, 11) is 0. The third-order valence-corrected chi connectivity index (χ3v) is 3.28. The van der Waals surface area contributed by atoms with Crippen LogP contribution in [0.1, 0.15) is 46.0 Å². The number of halogens is 1. The van der Waals surface area contributed by atoms with Crippen molar-refractivity contribution in [1.29, 1.82) is 0 Å². The summed E-state index contributed by atoms with van der Waals surface area (Å²) in [4.78, 5) is 0. The van der Waals surface area contributed by atoms with Gasteiger partial charge in [-0.05, 0) is 37.1 Å². The Morgan fingerprint density at radius 1 is 1.36 bits per heavy atom. The van der Waals surface area contributed by atoms with Crippen LogP contribution in [-0.4, -0.2) is 19.0 Å². The summed E-state index contributed by atoms with van der Waals surface area (Å²) >= 11 is 5.70. The summed E-state index contributed by atoms with van der Waals surface area (Å²) in [5.74, 6) is 1.85. The maximum atomic E-state index is 5.70. The molecule has 1 N–H and O–H groups in total. The zero-order chi connectivity index (χ0) is 10.4. The van der Waals surface area contributed by atoms with Gasteiger partial charge in [-0.3, -0.25) is 0 Å². The van der Waals surface area contributed by atoms with Crippen molar-refractivity contribution in [3.8, 4) is 0 Å². The Kier molecular flexibility index (Phi) is 5.25. The van der Waals surface area contributed by atoms with Gasteiger partial charge in [0.05, 0.1) is 0 Å². The lowest BCUT2D eigenvalue weighted by atomic mass is 9.88. The van der Waals surface area contributed by atoms with Gasteiger partial charge in [0.2, 0.25) is 0 Å². The number of rotatable bonds is 8. The first-order valence-electron chi connectivity index (χ1n) is 5.91. The van der Waals surface area contributed by atoms with Gasteiger partial charge >= 0.3 is 0 Å². The highest BCUT2D eigenvalue weighted by atomic mass is 35.5. The van der Waals surface area contributed by atoms with Gasteiger partial charge in [0.25, 0.3) is 0 Å². The van der Waals surface area contributed by atoms with Crippen molar-refractivity contribution >= 4 is 11.6 Å². The van der Waals surface area contributed by atoms with Crippen molar-refractivity contribution in [2.75, 3.05) is 19.0 Å². The second-order valence-electron chi connectivity index (χ2n) is 5.37. The van der Waals surface area contributed by atoms with Gasteiger partial charge in [0.1, 0.15) is 0 Å². The van der Waals surface area contributed by atoms with Crippen molar-refractivity contribution in [2.24, 2.45) is 11.3 Å². The lowest BCUT2D eigenvalue weighted by Crippen LogP contribution is -2.30. The molecule has 0 aromatic rings. The molecule has 0 spiro atoms. The predicted molar refractivity (Wildman–Crippen MR) is 63.9 cm³/mol. The molecule has 1 aliphatic rings. The van der Waals surface area contributed by atoms with E-state index in [2.05, 4.69) is 19.2 Å². The van der Waals surface area contributed by atoms with Crippen molar-refractivity contribution in [1.82, 2.24) is 5.32 Å². The van der Waals surface area contributed by atoms with E-state index in [1.165, 1.54) is 32.2 Å². The molecule has 0 saturated heterocycles. The molecule has 2 heteroatoms. The first-order valence-corrected chi connectivity index (χ1v) is 6.44. The summed E-state index contributed by atoms with van der Waals surface area (Å²) in [5, 5.41) is 3.56. The van der Waals surface area contributed by atoms with Crippen molar-refractivity contribution in [3.63, 3.8) is 0 Å². The van der Waals surface area contributed by atoms with Crippen molar-refractivity contribution in [2.45, 2.75) is 46.0 Å². The van der Waals surface area contributed by atoms with Crippen LogP contribution in [0.25, 0.3) is 0 Å². The van der Waals surface area contributed by atoms with E-state index in [4.69, 9.17) is 11.6 Å². The van der Waals surface area contributed by atoms with E-state index in [0.29, 0.717) is 5.41 Å². The average molecular weight is 218 g/mol. The number of hydrogen-bond donors (Lipinski definition) is 1. The maximum absolute atomic E-state index is 5.70. The molecule has 1 saturated carbocycles. The van der Waals surface area contributed by atoms with Gasteiger partial charge in [-0.25, -0.2) is 0 Å². The van der Waals surface area contributed by atoms with Gasteiger partial charge in [-0.15, -0.1) is 11.6 Å². The number of alkyl halides is 1. The zero-order valence-electron chi connectivity index (χ0n) is 9.61. The van der Waals surface area contributed by atoms with E-state index in [0.717, 1.165) is 24.8 Å². The smallest absolute Gasteiger partial charge is 0.0223 e. The molecule has 14 heavy (non-hydrogen) atoms. The molecule has 0 atom stereocenters. The molecule has 0 heterocycles. The van der Waals surface area contributed by atoms with Crippen LogP contribution in [0.15, 0.2) is 0 Å². The van der Waals surface area contributed by atoms with Crippen LogP contribution in [0.3, 0.4) is 0 Å². The Hall–Kier alpha value is 0.250. The summed E-state index contributed by atoms with van der Waals surface area (Å²) in [6.07, 6.45) is 6.69. The summed E-state index contributed by atoms with van der Waals surface area (Å²) < 4.78 is 0. The van der Waals surface area contributed by atoms with E-state index < -0.39 is 0 Å². The normalized spacial score (nSPS) is 17.4.